The molecule has 6 nitrogen and oxygen atoms in total. The van der Waals surface area contributed by atoms with E-state index >= 15 is 0 Å². The number of hydrogen-bond donors (Lipinski definition) is 2. The zero-order valence-corrected chi connectivity index (χ0v) is 11.2. The molecule has 0 radical (unpaired) electrons. The molecule has 0 heterocycles. The summed E-state index contributed by atoms with van der Waals surface area (Å²) in [5.74, 6) is 0. The maximum Gasteiger partial charge on any atom is 0.534 e. The van der Waals surface area contributed by atoms with E-state index in [9.17, 15) is 9.59 Å². The lowest BCUT2D eigenvalue weighted by molar-refractivity contribution is 0.152. The number of alkyl carbamates (subject to hydrolysis) is 1. The maximum atomic E-state index is 11.4. The number of rotatable bonds is 4. The summed E-state index contributed by atoms with van der Waals surface area (Å²) >= 11 is 0. The van der Waals surface area contributed by atoms with Crippen LogP contribution < -0.4 is 5.32 Å². The molecule has 1 unspecified atom stereocenters. The first-order valence-electron chi connectivity index (χ1n) is 5.37. The number of amidine groups is 1. The summed E-state index contributed by atoms with van der Waals surface area (Å²) in [6, 6.07) is 0. The van der Waals surface area contributed by atoms with E-state index in [1.165, 1.54) is 6.26 Å². The van der Waals surface area contributed by atoms with Crippen LogP contribution in [0.2, 0.25) is 0 Å². The first-order chi connectivity index (χ1) is 8.02. The molecule has 98 valence electrons. The second-order valence-electron chi connectivity index (χ2n) is 3.20. The van der Waals surface area contributed by atoms with Gasteiger partial charge in [-0.25, -0.2) is 15.5 Å². The van der Waals surface area contributed by atoms with Crippen molar-refractivity contribution in [3.8, 4) is 0 Å². The second-order valence-corrected chi connectivity index (χ2v) is 4.96. The molecule has 2 N–H and O–H groups in total. The zero-order chi connectivity index (χ0) is 13.3. The quantitative estimate of drug-likeness (QED) is 0.350. The lowest BCUT2D eigenvalue weighted by Gasteiger charge is -2.05. The third kappa shape index (κ3) is 6.83. The minimum absolute atomic E-state index is 0.188. The molecule has 7 heteroatoms. The zero-order valence-electron chi connectivity index (χ0n) is 10.4. The number of amides is 1. The molecule has 17 heavy (non-hydrogen) atoms. The summed E-state index contributed by atoms with van der Waals surface area (Å²) in [7, 11) is -1.08. The van der Waals surface area contributed by atoms with E-state index < -0.39 is 22.3 Å². The predicted octanol–water partition coefficient (Wildman–Crippen LogP) is 1.85. The normalized spacial score (nSPS) is 11.5. The van der Waals surface area contributed by atoms with E-state index in [0.717, 1.165) is 6.42 Å². The van der Waals surface area contributed by atoms with Crippen LogP contribution >= 0.6 is 0 Å². The topological polar surface area (TPSA) is 88.5 Å². The van der Waals surface area contributed by atoms with Gasteiger partial charge in [0.15, 0.2) is 10.9 Å². The molecular formula is C10H19N2O4S+. The number of ether oxygens (including phenoxy) is 2. The Bertz CT molecular complexity index is 283. The average Bonchev–Trinajstić information content (AvgIpc) is 2.32. The SMILES string of the molecule is CCCOC(=O)NC(=N)[S+](C)C(=O)OCCC. The Labute approximate surface area is 104 Å². The molecule has 0 rings (SSSR count). The summed E-state index contributed by atoms with van der Waals surface area (Å²) in [6.07, 6.45) is 2.25. The highest BCUT2D eigenvalue weighted by atomic mass is 32.2. The highest BCUT2D eigenvalue weighted by Gasteiger charge is 2.33. The molecule has 0 spiro atoms. The molecule has 0 aromatic carbocycles. The Morgan fingerprint density at radius 3 is 2.24 bits per heavy atom. The van der Waals surface area contributed by atoms with Crippen LogP contribution in [0.4, 0.5) is 9.59 Å². The molecule has 0 saturated carbocycles. The van der Waals surface area contributed by atoms with Gasteiger partial charge in [-0.3, -0.25) is 0 Å². The van der Waals surface area contributed by atoms with E-state index in [2.05, 4.69) is 5.32 Å². The molecular weight excluding hydrogens is 244 g/mol. The summed E-state index contributed by atoms with van der Waals surface area (Å²) < 4.78 is 9.61. The van der Waals surface area contributed by atoms with Crippen molar-refractivity contribution in [1.29, 1.82) is 5.41 Å². The number of hydrogen-bond acceptors (Lipinski definition) is 5. The Balaban J connectivity index is 4.04. The van der Waals surface area contributed by atoms with Crippen LogP contribution in [0.15, 0.2) is 0 Å². The van der Waals surface area contributed by atoms with Crippen molar-refractivity contribution in [2.75, 3.05) is 19.5 Å². The van der Waals surface area contributed by atoms with Gasteiger partial charge in [0.25, 0.3) is 0 Å². The van der Waals surface area contributed by atoms with Crippen LogP contribution in [0.3, 0.4) is 0 Å². The molecule has 0 aliphatic carbocycles. The highest BCUT2D eigenvalue weighted by molar-refractivity contribution is 8.22. The first kappa shape index (κ1) is 15.8. The molecule has 0 bridgehead atoms. The second kappa shape index (κ2) is 8.86. The molecule has 0 fully saturated rings. The van der Waals surface area contributed by atoms with Gasteiger partial charge < -0.3 is 9.47 Å². The minimum atomic E-state index is -1.08. The van der Waals surface area contributed by atoms with Gasteiger partial charge >= 0.3 is 16.6 Å². The van der Waals surface area contributed by atoms with Crippen LogP contribution in [0.5, 0.6) is 0 Å². The van der Waals surface area contributed by atoms with E-state index in [-0.39, 0.29) is 11.8 Å². The van der Waals surface area contributed by atoms with Crippen LogP contribution in [-0.4, -0.2) is 36.0 Å². The van der Waals surface area contributed by atoms with Gasteiger partial charge in [-0.1, -0.05) is 13.8 Å². The Morgan fingerprint density at radius 1 is 1.18 bits per heavy atom. The molecule has 0 aromatic heterocycles. The summed E-state index contributed by atoms with van der Waals surface area (Å²) in [4.78, 5) is 22.5. The number of carbonyl (C=O) groups excluding carboxylic acids is 2. The van der Waals surface area contributed by atoms with E-state index in [4.69, 9.17) is 14.9 Å². The van der Waals surface area contributed by atoms with Gasteiger partial charge in [-0.2, -0.15) is 4.79 Å². The van der Waals surface area contributed by atoms with E-state index in [1.807, 2.05) is 13.8 Å². The van der Waals surface area contributed by atoms with Gasteiger partial charge in [0, 0.05) is 0 Å². The van der Waals surface area contributed by atoms with Crippen molar-refractivity contribution < 1.29 is 19.1 Å². The Hall–Kier alpha value is -1.24. The summed E-state index contributed by atoms with van der Waals surface area (Å²) in [6.45, 7) is 4.36. The fourth-order valence-corrected chi connectivity index (χ4v) is 1.42. The Kier molecular flexibility index (Phi) is 8.21. The van der Waals surface area contributed by atoms with E-state index in [1.54, 1.807) is 0 Å². The molecule has 1 atom stereocenters. The largest absolute Gasteiger partial charge is 0.534 e. The van der Waals surface area contributed by atoms with Crippen LogP contribution in [0, 0.1) is 5.41 Å². The van der Waals surface area contributed by atoms with Gasteiger partial charge in [-0.15, -0.1) is 0 Å². The predicted molar refractivity (Wildman–Crippen MR) is 67.4 cm³/mol. The average molecular weight is 263 g/mol. The fraction of sp³-hybridized carbons (Fsp3) is 0.700. The monoisotopic (exact) mass is 263 g/mol. The van der Waals surface area contributed by atoms with Gasteiger partial charge in [0.05, 0.1) is 13.2 Å². The molecule has 0 saturated heterocycles. The summed E-state index contributed by atoms with van der Waals surface area (Å²) in [5.41, 5.74) is 0. The molecule has 0 aromatic rings. The standard InChI is InChI=1S/C10H18N2O4S/c1-4-6-15-9(13)12-8(11)17(3)10(14)16-7-5-2/h4-7H2,1-3H3,(H-,11,12,13)/p+1. The lowest BCUT2D eigenvalue weighted by atomic mass is 10.5. The third-order valence-corrected chi connectivity index (χ3v) is 2.97. The maximum absolute atomic E-state index is 11.4. The number of carbonyl (C=O) groups is 2. The van der Waals surface area contributed by atoms with Gasteiger partial charge in [0.1, 0.15) is 6.26 Å². The van der Waals surface area contributed by atoms with Crippen molar-refractivity contribution >= 4 is 27.5 Å². The fourth-order valence-electron chi connectivity index (χ4n) is 0.757. The van der Waals surface area contributed by atoms with E-state index in [0.29, 0.717) is 13.0 Å². The van der Waals surface area contributed by atoms with Gasteiger partial charge in [-0.05, 0) is 12.8 Å². The van der Waals surface area contributed by atoms with Crippen LogP contribution in [0.25, 0.3) is 0 Å². The number of nitrogens with one attached hydrogen (secondary N) is 2. The lowest BCUT2D eigenvalue weighted by Crippen LogP contribution is -2.39. The van der Waals surface area contributed by atoms with Gasteiger partial charge in [0.2, 0.25) is 0 Å². The minimum Gasteiger partial charge on any atom is -0.449 e. The van der Waals surface area contributed by atoms with Crippen LogP contribution in [0.1, 0.15) is 26.7 Å². The first-order valence-corrected chi connectivity index (χ1v) is 7.01. The molecule has 1 amide bonds. The van der Waals surface area contributed by atoms with Crippen molar-refractivity contribution in [2.45, 2.75) is 26.7 Å². The van der Waals surface area contributed by atoms with Crippen LogP contribution in [-0.2, 0) is 20.4 Å². The Morgan fingerprint density at radius 2 is 1.71 bits per heavy atom. The van der Waals surface area contributed by atoms with Crippen molar-refractivity contribution in [1.82, 2.24) is 5.32 Å². The molecule has 0 aliphatic rings. The smallest absolute Gasteiger partial charge is 0.449 e. The molecule has 0 aliphatic heterocycles. The summed E-state index contributed by atoms with van der Waals surface area (Å²) in [5, 5.41) is 9.05. The highest BCUT2D eigenvalue weighted by Crippen LogP contribution is 1.99. The van der Waals surface area contributed by atoms with Crippen molar-refractivity contribution in [3.05, 3.63) is 0 Å². The van der Waals surface area contributed by atoms with Crippen molar-refractivity contribution in [2.24, 2.45) is 0 Å². The van der Waals surface area contributed by atoms with Crippen molar-refractivity contribution in [3.63, 3.8) is 0 Å². The third-order valence-electron chi connectivity index (χ3n) is 1.63.